The van der Waals surface area contributed by atoms with E-state index in [1.807, 2.05) is 24.3 Å². The molecule has 29 heavy (non-hydrogen) atoms. The molecule has 0 aliphatic rings. The van der Waals surface area contributed by atoms with Crippen LogP contribution in [-0.4, -0.2) is 36.3 Å². The highest BCUT2D eigenvalue weighted by atomic mass is 16.5. The molecule has 0 saturated heterocycles. The van der Waals surface area contributed by atoms with Gasteiger partial charge in [0, 0.05) is 11.1 Å². The van der Waals surface area contributed by atoms with Crippen molar-refractivity contribution in [3.63, 3.8) is 0 Å². The second-order valence-electron chi connectivity index (χ2n) is 6.38. The molecule has 0 bridgehead atoms. The van der Waals surface area contributed by atoms with Crippen LogP contribution in [0.5, 0.6) is 11.5 Å². The van der Waals surface area contributed by atoms with Crippen molar-refractivity contribution in [2.24, 2.45) is 5.10 Å². The molecule has 3 aromatic rings. The van der Waals surface area contributed by atoms with Gasteiger partial charge in [0.15, 0.2) is 0 Å². The molecule has 0 fully saturated rings. The first kappa shape index (κ1) is 19.9. The summed E-state index contributed by atoms with van der Waals surface area (Å²) in [6, 6.07) is 16.7. The molecule has 148 valence electrons. The number of hydrazone groups is 1. The lowest BCUT2D eigenvalue weighted by Crippen LogP contribution is -2.43. The zero-order valence-electron chi connectivity index (χ0n) is 16.0. The number of amides is 2. The number of rotatable bonds is 6. The maximum atomic E-state index is 12.2. The molecule has 2 amide bonds. The van der Waals surface area contributed by atoms with Gasteiger partial charge in [-0.3, -0.25) is 9.59 Å². The van der Waals surface area contributed by atoms with E-state index in [2.05, 4.69) is 15.8 Å². The lowest BCUT2D eigenvalue weighted by molar-refractivity contribution is -0.122. The maximum absolute atomic E-state index is 12.2. The number of nitrogens with one attached hydrogen (secondary N) is 2. The Labute approximate surface area is 168 Å². The summed E-state index contributed by atoms with van der Waals surface area (Å²) in [5.74, 6) is -0.172. The van der Waals surface area contributed by atoms with Gasteiger partial charge in [-0.25, -0.2) is 5.43 Å². The van der Waals surface area contributed by atoms with Gasteiger partial charge in [0.25, 0.3) is 11.8 Å². The Hall–Kier alpha value is -3.87. The zero-order valence-corrected chi connectivity index (χ0v) is 16.0. The van der Waals surface area contributed by atoms with Crippen molar-refractivity contribution in [3.8, 4) is 11.5 Å². The van der Waals surface area contributed by atoms with Crippen LogP contribution < -0.4 is 15.5 Å². The fraction of sp³-hybridized carbons (Fsp3) is 0.136. The SMILES string of the molecule is COc1ccc(C(=O)NC(C)C(=O)N/N=C/c2c(O)ccc3ccccc23)cc1. The predicted octanol–water partition coefficient (Wildman–Crippen LogP) is 2.82. The fourth-order valence-electron chi connectivity index (χ4n) is 2.76. The summed E-state index contributed by atoms with van der Waals surface area (Å²) in [6.07, 6.45) is 1.38. The largest absolute Gasteiger partial charge is 0.507 e. The summed E-state index contributed by atoms with van der Waals surface area (Å²) in [4.78, 5) is 24.5. The number of carbonyl (C=O) groups excluding carboxylic acids is 2. The first-order chi connectivity index (χ1) is 14.0. The lowest BCUT2D eigenvalue weighted by atomic mass is 10.0. The zero-order chi connectivity index (χ0) is 20.8. The molecule has 7 heteroatoms. The Morgan fingerprint density at radius 1 is 1.07 bits per heavy atom. The van der Waals surface area contributed by atoms with Crippen molar-refractivity contribution in [3.05, 3.63) is 71.8 Å². The summed E-state index contributed by atoms with van der Waals surface area (Å²) in [7, 11) is 1.54. The van der Waals surface area contributed by atoms with Gasteiger partial charge in [-0.15, -0.1) is 0 Å². The molecule has 0 radical (unpaired) electrons. The average molecular weight is 391 g/mol. The first-order valence-electron chi connectivity index (χ1n) is 8.98. The minimum Gasteiger partial charge on any atom is -0.507 e. The number of nitrogens with zero attached hydrogens (tertiary/aromatic N) is 1. The van der Waals surface area contributed by atoms with E-state index in [-0.39, 0.29) is 11.7 Å². The van der Waals surface area contributed by atoms with Gasteiger partial charge in [0.05, 0.1) is 13.3 Å². The Kier molecular flexibility index (Phi) is 6.09. The molecule has 7 nitrogen and oxygen atoms in total. The van der Waals surface area contributed by atoms with Crippen LogP contribution in [0.25, 0.3) is 10.8 Å². The molecule has 3 aromatic carbocycles. The van der Waals surface area contributed by atoms with Crippen molar-refractivity contribution < 1.29 is 19.4 Å². The number of aromatic hydroxyl groups is 1. The van der Waals surface area contributed by atoms with Gasteiger partial charge < -0.3 is 15.2 Å². The van der Waals surface area contributed by atoms with Crippen LogP contribution in [-0.2, 0) is 4.79 Å². The molecule has 1 atom stereocenters. The lowest BCUT2D eigenvalue weighted by Gasteiger charge is -2.12. The van der Waals surface area contributed by atoms with E-state index in [0.717, 1.165) is 10.8 Å². The molecule has 0 aromatic heterocycles. The number of ether oxygens (including phenoxy) is 1. The normalized spacial score (nSPS) is 11.9. The third-order valence-electron chi connectivity index (χ3n) is 4.41. The summed E-state index contributed by atoms with van der Waals surface area (Å²) >= 11 is 0. The minimum atomic E-state index is -0.803. The van der Waals surface area contributed by atoms with Crippen molar-refractivity contribution in [2.45, 2.75) is 13.0 Å². The first-order valence-corrected chi connectivity index (χ1v) is 8.98. The Bertz CT molecular complexity index is 1060. The number of phenols is 1. The summed E-state index contributed by atoms with van der Waals surface area (Å²) < 4.78 is 5.05. The highest BCUT2D eigenvalue weighted by Gasteiger charge is 2.16. The van der Waals surface area contributed by atoms with Crippen molar-refractivity contribution in [1.82, 2.24) is 10.7 Å². The fourth-order valence-corrected chi connectivity index (χ4v) is 2.76. The van der Waals surface area contributed by atoms with Crippen molar-refractivity contribution in [2.75, 3.05) is 7.11 Å². The van der Waals surface area contributed by atoms with E-state index in [4.69, 9.17) is 4.74 Å². The van der Waals surface area contributed by atoms with Gasteiger partial charge >= 0.3 is 0 Å². The van der Waals surface area contributed by atoms with Crippen molar-refractivity contribution in [1.29, 1.82) is 0 Å². The minimum absolute atomic E-state index is 0.0579. The Balaban J connectivity index is 1.63. The standard InChI is InChI=1S/C22H21N3O4/c1-14(24-22(28)16-7-10-17(29-2)11-8-16)21(27)25-23-13-19-18-6-4-3-5-15(18)9-12-20(19)26/h3-14,26H,1-2H3,(H,24,28)(H,25,27)/b23-13+. The maximum Gasteiger partial charge on any atom is 0.262 e. The predicted molar refractivity (Wildman–Crippen MR) is 111 cm³/mol. The number of methoxy groups -OCH3 is 1. The molecular weight excluding hydrogens is 370 g/mol. The highest BCUT2D eigenvalue weighted by Crippen LogP contribution is 2.25. The average Bonchev–Trinajstić information content (AvgIpc) is 2.75. The van der Waals surface area contributed by atoms with E-state index in [1.165, 1.54) is 6.21 Å². The van der Waals surface area contributed by atoms with Gasteiger partial charge in [-0.2, -0.15) is 5.10 Å². The summed E-state index contributed by atoms with van der Waals surface area (Å²) in [6.45, 7) is 1.56. The molecular formula is C22H21N3O4. The number of fused-ring (bicyclic) bond motifs is 1. The number of carbonyl (C=O) groups is 2. The van der Waals surface area contributed by atoms with Gasteiger partial charge in [-0.1, -0.05) is 30.3 Å². The summed E-state index contributed by atoms with van der Waals surface area (Å²) in [5.41, 5.74) is 3.29. The van der Waals surface area contributed by atoms with Crippen LogP contribution >= 0.6 is 0 Å². The van der Waals surface area contributed by atoms with Crippen LogP contribution in [0.1, 0.15) is 22.8 Å². The molecule has 3 N–H and O–H groups in total. The molecule has 0 spiro atoms. The van der Waals surface area contributed by atoms with E-state index >= 15 is 0 Å². The van der Waals surface area contributed by atoms with Crippen LogP contribution in [0.2, 0.25) is 0 Å². The van der Waals surface area contributed by atoms with Crippen molar-refractivity contribution >= 4 is 28.8 Å². The third kappa shape index (κ3) is 4.70. The van der Waals surface area contributed by atoms with E-state index in [1.54, 1.807) is 50.4 Å². The highest BCUT2D eigenvalue weighted by molar-refractivity contribution is 6.03. The second kappa shape index (κ2) is 8.88. The van der Waals surface area contributed by atoms with E-state index in [0.29, 0.717) is 16.9 Å². The smallest absolute Gasteiger partial charge is 0.262 e. The topological polar surface area (TPSA) is 100 Å². The molecule has 0 aliphatic heterocycles. The van der Waals surface area contributed by atoms with Gasteiger partial charge in [0.2, 0.25) is 0 Å². The van der Waals surface area contributed by atoms with Crippen LogP contribution in [0, 0.1) is 0 Å². The van der Waals surface area contributed by atoms with E-state index < -0.39 is 11.9 Å². The number of benzene rings is 3. The molecule has 1 unspecified atom stereocenters. The summed E-state index contributed by atoms with van der Waals surface area (Å²) in [5, 5.41) is 18.4. The van der Waals surface area contributed by atoms with E-state index in [9.17, 15) is 14.7 Å². The Morgan fingerprint density at radius 3 is 2.52 bits per heavy atom. The Morgan fingerprint density at radius 2 is 1.79 bits per heavy atom. The molecule has 0 saturated carbocycles. The van der Waals surface area contributed by atoms with Crippen LogP contribution in [0.3, 0.4) is 0 Å². The van der Waals surface area contributed by atoms with Crippen LogP contribution in [0.15, 0.2) is 65.8 Å². The second-order valence-corrected chi connectivity index (χ2v) is 6.38. The van der Waals surface area contributed by atoms with Gasteiger partial charge in [0.1, 0.15) is 17.5 Å². The molecule has 0 aliphatic carbocycles. The van der Waals surface area contributed by atoms with Gasteiger partial charge in [-0.05, 0) is 48.0 Å². The number of hydrogen-bond donors (Lipinski definition) is 3. The number of phenolic OH excluding ortho intramolecular Hbond substituents is 1. The number of hydrogen-bond acceptors (Lipinski definition) is 5. The quantitative estimate of drug-likeness (QED) is 0.444. The van der Waals surface area contributed by atoms with Crippen LogP contribution in [0.4, 0.5) is 0 Å². The third-order valence-corrected chi connectivity index (χ3v) is 4.41. The molecule has 3 rings (SSSR count). The molecule has 0 heterocycles. The monoisotopic (exact) mass is 391 g/mol.